The van der Waals surface area contributed by atoms with Crippen LogP contribution in [0.15, 0.2) is 48.8 Å². The fourth-order valence-corrected chi connectivity index (χ4v) is 3.15. The molecule has 0 radical (unpaired) electrons. The van der Waals surface area contributed by atoms with Gasteiger partial charge in [-0.3, -0.25) is 14.6 Å². The molecule has 0 unspecified atom stereocenters. The van der Waals surface area contributed by atoms with Crippen molar-refractivity contribution < 1.29 is 9.59 Å². The van der Waals surface area contributed by atoms with Gasteiger partial charge in [0.25, 0.3) is 0 Å². The number of carbonyl (C=O) groups is 2. The van der Waals surface area contributed by atoms with Gasteiger partial charge in [-0.1, -0.05) is 35.9 Å². The molecule has 0 aliphatic carbocycles. The highest BCUT2D eigenvalue weighted by Crippen LogP contribution is 2.37. The molecule has 0 spiro atoms. The van der Waals surface area contributed by atoms with E-state index in [0.717, 1.165) is 16.7 Å². The minimum Gasteiger partial charge on any atom is -0.352 e. The van der Waals surface area contributed by atoms with E-state index in [1.165, 1.54) is 0 Å². The number of benzene rings is 1. The van der Waals surface area contributed by atoms with E-state index in [4.69, 9.17) is 0 Å². The number of nitrogens with one attached hydrogen (secondary N) is 1. The van der Waals surface area contributed by atoms with Crippen molar-refractivity contribution in [2.75, 3.05) is 7.05 Å². The summed E-state index contributed by atoms with van der Waals surface area (Å²) in [6, 6.07) is 11.5. The Morgan fingerprint density at radius 1 is 1.29 bits per heavy atom. The smallest absolute Gasteiger partial charge is 0.226 e. The van der Waals surface area contributed by atoms with Crippen LogP contribution in [0, 0.1) is 12.8 Å². The first-order valence-corrected chi connectivity index (χ1v) is 8.05. The highest BCUT2D eigenvalue weighted by molar-refractivity contribution is 5.90. The van der Waals surface area contributed by atoms with E-state index >= 15 is 0 Å². The van der Waals surface area contributed by atoms with Gasteiger partial charge in [-0.25, -0.2) is 0 Å². The molecule has 1 N–H and O–H groups in total. The molecule has 124 valence electrons. The molecule has 5 nitrogen and oxygen atoms in total. The predicted octanol–water partition coefficient (Wildman–Crippen LogP) is 2.23. The zero-order valence-corrected chi connectivity index (χ0v) is 13.9. The predicted molar refractivity (Wildman–Crippen MR) is 90.9 cm³/mol. The van der Waals surface area contributed by atoms with Crippen molar-refractivity contribution in [3.8, 4) is 0 Å². The van der Waals surface area contributed by atoms with Gasteiger partial charge in [-0.15, -0.1) is 0 Å². The average molecular weight is 323 g/mol. The maximum Gasteiger partial charge on any atom is 0.226 e. The van der Waals surface area contributed by atoms with E-state index in [1.807, 2.05) is 43.3 Å². The van der Waals surface area contributed by atoms with Crippen LogP contribution in [0.5, 0.6) is 0 Å². The highest BCUT2D eigenvalue weighted by Gasteiger charge is 2.42. The molecular weight excluding hydrogens is 302 g/mol. The molecule has 1 aliphatic heterocycles. The third-order valence-corrected chi connectivity index (χ3v) is 4.53. The minimum absolute atomic E-state index is 0.00195. The summed E-state index contributed by atoms with van der Waals surface area (Å²) in [4.78, 5) is 30.5. The van der Waals surface area contributed by atoms with Crippen molar-refractivity contribution >= 4 is 11.8 Å². The molecule has 1 saturated heterocycles. The van der Waals surface area contributed by atoms with Crippen molar-refractivity contribution in [2.24, 2.45) is 5.92 Å². The molecule has 24 heavy (non-hydrogen) atoms. The normalized spacial score (nSPS) is 20.2. The first-order valence-electron chi connectivity index (χ1n) is 8.05. The van der Waals surface area contributed by atoms with Crippen LogP contribution in [0.2, 0.25) is 0 Å². The second-order valence-electron chi connectivity index (χ2n) is 6.25. The molecule has 1 aliphatic rings. The summed E-state index contributed by atoms with van der Waals surface area (Å²) in [5, 5.41) is 2.94. The number of carbonyl (C=O) groups excluding carboxylic acids is 2. The summed E-state index contributed by atoms with van der Waals surface area (Å²) in [7, 11) is 1.77. The Labute approximate surface area is 141 Å². The molecule has 3 rings (SSSR count). The number of hydrogen-bond donors (Lipinski definition) is 1. The molecule has 2 aromatic rings. The Bertz CT molecular complexity index is 728. The fraction of sp³-hybridized carbons (Fsp3) is 0.316. The molecule has 1 fully saturated rings. The molecule has 1 aromatic heterocycles. The Hall–Kier alpha value is -2.69. The second-order valence-corrected chi connectivity index (χ2v) is 6.25. The summed E-state index contributed by atoms with van der Waals surface area (Å²) in [6.07, 6.45) is 3.67. The van der Waals surface area contributed by atoms with Crippen LogP contribution in [-0.2, 0) is 16.1 Å². The number of aromatic nitrogens is 1. The maximum atomic E-state index is 12.7. The van der Waals surface area contributed by atoms with Crippen LogP contribution in [-0.4, -0.2) is 28.7 Å². The zero-order chi connectivity index (χ0) is 17.1. The van der Waals surface area contributed by atoms with Crippen molar-refractivity contribution in [3.63, 3.8) is 0 Å². The Balaban J connectivity index is 1.75. The fourth-order valence-electron chi connectivity index (χ4n) is 3.15. The van der Waals surface area contributed by atoms with Crippen molar-refractivity contribution in [1.82, 2.24) is 15.2 Å². The number of likely N-dealkylation sites (tertiary alicyclic amines) is 1. The quantitative estimate of drug-likeness (QED) is 0.938. The van der Waals surface area contributed by atoms with Gasteiger partial charge >= 0.3 is 0 Å². The second kappa shape index (κ2) is 6.83. The lowest BCUT2D eigenvalue weighted by Gasteiger charge is -2.25. The Morgan fingerprint density at radius 2 is 2.04 bits per heavy atom. The molecular formula is C19H21N3O2. The summed E-state index contributed by atoms with van der Waals surface area (Å²) in [6.45, 7) is 2.44. The molecule has 5 heteroatoms. The van der Waals surface area contributed by atoms with Crippen molar-refractivity contribution in [2.45, 2.75) is 25.9 Å². The van der Waals surface area contributed by atoms with Crippen LogP contribution in [0.25, 0.3) is 0 Å². The SMILES string of the molecule is Cc1ccc([C@@H]2[C@@H](C(=O)NCc3cccnc3)CC(=O)N2C)cc1. The van der Waals surface area contributed by atoms with Gasteiger partial charge in [-0.2, -0.15) is 0 Å². The van der Waals surface area contributed by atoms with Gasteiger partial charge in [0, 0.05) is 32.4 Å². The summed E-state index contributed by atoms with van der Waals surface area (Å²) >= 11 is 0. The molecule has 0 bridgehead atoms. The largest absolute Gasteiger partial charge is 0.352 e. The van der Waals surface area contributed by atoms with E-state index in [9.17, 15) is 9.59 Å². The number of nitrogens with zero attached hydrogens (tertiary/aromatic N) is 2. The molecule has 2 amide bonds. The lowest BCUT2D eigenvalue weighted by molar-refractivity contribution is -0.128. The van der Waals surface area contributed by atoms with Crippen LogP contribution >= 0.6 is 0 Å². The Kier molecular flexibility index (Phi) is 4.60. The topological polar surface area (TPSA) is 62.3 Å². The summed E-state index contributed by atoms with van der Waals surface area (Å²) < 4.78 is 0. The number of hydrogen-bond acceptors (Lipinski definition) is 3. The zero-order valence-electron chi connectivity index (χ0n) is 13.9. The molecule has 0 saturated carbocycles. The van der Waals surface area contributed by atoms with Crippen LogP contribution in [0.4, 0.5) is 0 Å². The van der Waals surface area contributed by atoms with Gasteiger partial charge in [0.05, 0.1) is 12.0 Å². The third kappa shape index (κ3) is 3.30. The number of rotatable bonds is 4. The van der Waals surface area contributed by atoms with E-state index in [1.54, 1.807) is 24.3 Å². The number of aryl methyl sites for hydroxylation is 1. The van der Waals surface area contributed by atoms with E-state index in [-0.39, 0.29) is 30.2 Å². The third-order valence-electron chi connectivity index (χ3n) is 4.53. The first kappa shape index (κ1) is 16.2. The van der Waals surface area contributed by atoms with Crippen molar-refractivity contribution in [1.29, 1.82) is 0 Å². The number of pyridine rings is 1. The van der Waals surface area contributed by atoms with Crippen LogP contribution < -0.4 is 5.32 Å². The van der Waals surface area contributed by atoms with Gasteiger partial charge < -0.3 is 10.2 Å². The Morgan fingerprint density at radius 3 is 2.71 bits per heavy atom. The lowest BCUT2D eigenvalue weighted by Crippen LogP contribution is -2.34. The molecule has 2 atom stereocenters. The van der Waals surface area contributed by atoms with Gasteiger partial charge in [-0.05, 0) is 24.1 Å². The number of amides is 2. The van der Waals surface area contributed by atoms with Crippen LogP contribution in [0.1, 0.15) is 29.2 Å². The van der Waals surface area contributed by atoms with Gasteiger partial charge in [0.2, 0.25) is 11.8 Å². The highest BCUT2D eigenvalue weighted by atomic mass is 16.2. The van der Waals surface area contributed by atoms with Crippen molar-refractivity contribution in [3.05, 3.63) is 65.5 Å². The van der Waals surface area contributed by atoms with Crippen LogP contribution in [0.3, 0.4) is 0 Å². The minimum atomic E-state index is -0.373. The van der Waals surface area contributed by atoms with E-state index in [2.05, 4.69) is 10.3 Å². The molecule has 2 heterocycles. The van der Waals surface area contributed by atoms with E-state index < -0.39 is 0 Å². The first-order chi connectivity index (χ1) is 11.6. The average Bonchev–Trinajstić information content (AvgIpc) is 2.90. The van der Waals surface area contributed by atoms with Gasteiger partial charge in [0.1, 0.15) is 0 Å². The monoisotopic (exact) mass is 323 g/mol. The summed E-state index contributed by atoms with van der Waals surface area (Å²) in [5.74, 6) is -0.467. The van der Waals surface area contributed by atoms with Gasteiger partial charge in [0.15, 0.2) is 0 Å². The van der Waals surface area contributed by atoms with E-state index in [0.29, 0.717) is 6.54 Å². The standard InChI is InChI=1S/C19H21N3O2/c1-13-5-7-15(8-6-13)18-16(10-17(23)22(18)2)19(24)21-12-14-4-3-9-20-11-14/h3-9,11,16,18H,10,12H2,1-2H3,(H,21,24)/t16-,18+/m0/s1. The maximum absolute atomic E-state index is 12.7. The molecule has 1 aromatic carbocycles. The summed E-state index contributed by atoms with van der Waals surface area (Å²) in [5.41, 5.74) is 3.09. The lowest BCUT2D eigenvalue weighted by atomic mass is 9.92.